The highest BCUT2D eigenvalue weighted by Crippen LogP contribution is 2.41. The van der Waals surface area contributed by atoms with Crippen molar-refractivity contribution in [2.45, 2.75) is 53.1 Å². The lowest BCUT2D eigenvalue weighted by atomic mass is 9.96. The van der Waals surface area contributed by atoms with Crippen molar-refractivity contribution in [2.24, 2.45) is 0 Å². The maximum Gasteiger partial charge on any atom is 0.226 e. The van der Waals surface area contributed by atoms with Gasteiger partial charge in [-0.1, -0.05) is 24.3 Å². The lowest BCUT2D eigenvalue weighted by Crippen LogP contribution is -2.33. The standard InChI is InChI=1S/C34H40N6OS/c1-6-38(7-2)26-15-17-27(18-16-26)40-24(4)22-28(25(40)5)33-32(30-14-10-11-20-35-30)37-34(42)39(33)21-19-31(41)36-29-13-9-8-12-23(29)3/h8-18,20,22,32-33H,6-7,19,21H2,1-5H3,(H,36,41)(H,37,42)/t32-,33+/m1/s1. The smallest absolute Gasteiger partial charge is 0.226 e. The quantitative estimate of drug-likeness (QED) is 0.205. The van der Waals surface area contributed by atoms with Gasteiger partial charge in [0.05, 0.1) is 17.8 Å². The SMILES string of the molecule is CCN(CC)c1ccc(-n2c(C)cc([C@H]3[C@@H](c4ccccn4)NC(=S)N3CCC(=O)Nc3ccccc3C)c2C)cc1. The van der Waals surface area contributed by atoms with Crippen LogP contribution in [0.15, 0.2) is 79.0 Å². The maximum absolute atomic E-state index is 13.0. The molecule has 1 saturated heterocycles. The molecule has 1 aliphatic heterocycles. The van der Waals surface area contributed by atoms with Crippen LogP contribution in [0, 0.1) is 20.8 Å². The fourth-order valence-electron chi connectivity index (χ4n) is 6.02. The first kappa shape index (κ1) is 29.3. The van der Waals surface area contributed by atoms with Gasteiger partial charge in [0.1, 0.15) is 0 Å². The summed E-state index contributed by atoms with van der Waals surface area (Å²) in [5, 5.41) is 7.22. The number of pyridine rings is 1. The molecule has 0 spiro atoms. The number of carbonyl (C=O) groups is 1. The van der Waals surface area contributed by atoms with Gasteiger partial charge in [0.2, 0.25) is 5.91 Å². The summed E-state index contributed by atoms with van der Waals surface area (Å²) in [4.78, 5) is 22.2. The van der Waals surface area contributed by atoms with Gasteiger partial charge in [-0.3, -0.25) is 9.78 Å². The van der Waals surface area contributed by atoms with Crippen LogP contribution in [-0.4, -0.2) is 45.1 Å². The van der Waals surface area contributed by atoms with E-state index in [2.05, 4.69) is 88.0 Å². The average Bonchev–Trinajstić information content (AvgIpc) is 3.48. The molecule has 0 aliphatic carbocycles. The number of carbonyl (C=O) groups excluding carboxylic acids is 1. The van der Waals surface area contributed by atoms with Crippen LogP contribution in [0.3, 0.4) is 0 Å². The Balaban J connectivity index is 1.46. The van der Waals surface area contributed by atoms with Gasteiger partial charge in [0, 0.05) is 60.7 Å². The molecule has 2 N–H and O–H groups in total. The highest BCUT2D eigenvalue weighted by Gasteiger charge is 2.41. The Kier molecular flexibility index (Phi) is 8.92. The van der Waals surface area contributed by atoms with Crippen LogP contribution in [0.4, 0.5) is 11.4 Å². The Morgan fingerprint density at radius 3 is 2.38 bits per heavy atom. The van der Waals surface area contributed by atoms with Gasteiger partial charge in [-0.2, -0.15) is 0 Å². The van der Waals surface area contributed by atoms with Crippen molar-refractivity contribution in [3.63, 3.8) is 0 Å². The van der Waals surface area contributed by atoms with Crippen molar-refractivity contribution in [1.29, 1.82) is 0 Å². The molecular formula is C34H40N6OS. The van der Waals surface area contributed by atoms with Crippen LogP contribution >= 0.6 is 12.2 Å². The van der Waals surface area contributed by atoms with Crippen LogP contribution in [-0.2, 0) is 4.79 Å². The molecule has 5 rings (SSSR count). The molecule has 1 amide bonds. The third kappa shape index (κ3) is 5.90. The van der Waals surface area contributed by atoms with Crippen molar-refractivity contribution < 1.29 is 4.79 Å². The first-order valence-electron chi connectivity index (χ1n) is 14.7. The molecule has 1 fully saturated rings. The molecule has 2 aromatic carbocycles. The lowest BCUT2D eigenvalue weighted by molar-refractivity contribution is -0.116. The number of aromatic nitrogens is 2. The number of amides is 1. The molecule has 7 nitrogen and oxygen atoms in total. The van der Waals surface area contributed by atoms with E-state index < -0.39 is 0 Å². The molecular weight excluding hydrogens is 540 g/mol. The molecule has 2 atom stereocenters. The van der Waals surface area contributed by atoms with Gasteiger partial charge in [0.15, 0.2) is 5.11 Å². The number of para-hydroxylation sites is 1. The number of hydrogen-bond donors (Lipinski definition) is 2. The molecule has 4 aromatic rings. The van der Waals surface area contributed by atoms with Crippen molar-refractivity contribution in [3.05, 3.63) is 107 Å². The summed E-state index contributed by atoms with van der Waals surface area (Å²) in [5.74, 6) is -0.0362. The molecule has 42 heavy (non-hydrogen) atoms. The normalized spacial score (nSPS) is 16.4. The summed E-state index contributed by atoms with van der Waals surface area (Å²) in [5.41, 5.74) is 8.61. The van der Waals surface area contributed by atoms with Crippen LogP contribution < -0.4 is 15.5 Å². The van der Waals surface area contributed by atoms with E-state index in [1.807, 2.05) is 55.6 Å². The van der Waals surface area contributed by atoms with E-state index >= 15 is 0 Å². The molecule has 1 aliphatic rings. The number of aryl methyl sites for hydroxylation is 2. The van der Waals surface area contributed by atoms with E-state index in [4.69, 9.17) is 12.2 Å². The van der Waals surface area contributed by atoms with Gasteiger partial charge in [-0.15, -0.1) is 0 Å². The van der Waals surface area contributed by atoms with Gasteiger partial charge < -0.3 is 25.0 Å². The summed E-state index contributed by atoms with van der Waals surface area (Å²) >= 11 is 5.88. The Labute approximate surface area is 254 Å². The number of rotatable bonds is 10. The van der Waals surface area contributed by atoms with Crippen LogP contribution in [0.1, 0.15) is 60.6 Å². The fourth-order valence-corrected chi connectivity index (χ4v) is 6.35. The average molecular weight is 581 g/mol. The molecule has 0 unspecified atom stereocenters. The number of anilines is 2. The van der Waals surface area contributed by atoms with Crippen LogP contribution in [0.25, 0.3) is 5.69 Å². The van der Waals surface area contributed by atoms with E-state index in [9.17, 15) is 4.79 Å². The number of hydrogen-bond acceptors (Lipinski definition) is 4. The highest BCUT2D eigenvalue weighted by molar-refractivity contribution is 7.80. The van der Waals surface area contributed by atoms with E-state index in [1.54, 1.807) is 0 Å². The predicted molar refractivity (Wildman–Crippen MR) is 175 cm³/mol. The van der Waals surface area contributed by atoms with Crippen molar-refractivity contribution in [2.75, 3.05) is 29.9 Å². The minimum absolute atomic E-state index is 0.0362. The summed E-state index contributed by atoms with van der Waals surface area (Å²) < 4.78 is 2.31. The maximum atomic E-state index is 13.0. The van der Waals surface area contributed by atoms with Crippen LogP contribution in [0.5, 0.6) is 0 Å². The second-order valence-electron chi connectivity index (χ2n) is 10.8. The number of thiocarbonyl (C=S) groups is 1. The van der Waals surface area contributed by atoms with Crippen molar-refractivity contribution >= 4 is 34.6 Å². The van der Waals surface area contributed by atoms with E-state index in [0.29, 0.717) is 18.1 Å². The molecule has 218 valence electrons. The summed E-state index contributed by atoms with van der Waals surface area (Å²) in [6.07, 6.45) is 2.13. The molecule has 0 radical (unpaired) electrons. The predicted octanol–water partition coefficient (Wildman–Crippen LogP) is 6.65. The zero-order valence-electron chi connectivity index (χ0n) is 25.1. The molecule has 0 saturated carbocycles. The van der Waals surface area contributed by atoms with Gasteiger partial charge in [-0.25, -0.2) is 0 Å². The minimum Gasteiger partial charge on any atom is -0.372 e. The first-order chi connectivity index (χ1) is 20.3. The highest BCUT2D eigenvalue weighted by atomic mass is 32.1. The Hall–Kier alpha value is -4.17. The fraction of sp³-hybridized carbons (Fsp3) is 0.324. The monoisotopic (exact) mass is 580 g/mol. The number of nitrogens with zero attached hydrogens (tertiary/aromatic N) is 4. The summed E-state index contributed by atoms with van der Waals surface area (Å²) in [6.45, 7) is 13.1. The largest absolute Gasteiger partial charge is 0.372 e. The van der Waals surface area contributed by atoms with E-state index in [-0.39, 0.29) is 18.0 Å². The Bertz CT molecular complexity index is 1540. The second-order valence-corrected chi connectivity index (χ2v) is 11.2. The minimum atomic E-state index is -0.142. The zero-order chi connectivity index (χ0) is 29.8. The Morgan fingerprint density at radius 1 is 1.00 bits per heavy atom. The Morgan fingerprint density at radius 2 is 1.71 bits per heavy atom. The number of nitrogens with one attached hydrogen (secondary N) is 2. The third-order valence-corrected chi connectivity index (χ3v) is 8.57. The van der Waals surface area contributed by atoms with Crippen molar-refractivity contribution in [3.8, 4) is 5.69 Å². The van der Waals surface area contributed by atoms with Crippen molar-refractivity contribution in [1.82, 2.24) is 19.8 Å². The first-order valence-corrected chi connectivity index (χ1v) is 15.1. The molecule has 3 heterocycles. The molecule has 0 bridgehead atoms. The summed E-state index contributed by atoms with van der Waals surface area (Å²) in [7, 11) is 0. The summed E-state index contributed by atoms with van der Waals surface area (Å²) in [6, 6.07) is 24.6. The molecule has 2 aromatic heterocycles. The molecule has 8 heteroatoms. The van der Waals surface area contributed by atoms with Gasteiger partial charge in [-0.05, 0) is 106 Å². The van der Waals surface area contributed by atoms with Crippen LogP contribution in [0.2, 0.25) is 0 Å². The van der Waals surface area contributed by atoms with Gasteiger partial charge in [0.25, 0.3) is 0 Å². The van der Waals surface area contributed by atoms with Gasteiger partial charge >= 0.3 is 0 Å². The zero-order valence-corrected chi connectivity index (χ0v) is 25.9. The second kappa shape index (κ2) is 12.8. The topological polar surface area (TPSA) is 65.4 Å². The third-order valence-electron chi connectivity index (χ3n) is 8.22. The number of benzene rings is 2. The van der Waals surface area contributed by atoms with E-state index in [0.717, 1.165) is 47.1 Å². The lowest BCUT2D eigenvalue weighted by Gasteiger charge is -2.28. The van der Waals surface area contributed by atoms with E-state index in [1.165, 1.54) is 11.3 Å².